The molecule has 0 radical (unpaired) electrons. The van der Waals surface area contributed by atoms with Crippen LogP contribution in [0.1, 0.15) is 29.5 Å². The molecular weight excluding hydrogens is 242 g/mol. The van der Waals surface area contributed by atoms with Crippen LogP contribution >= 0.6 is 15.9 Å². The summed E-state index contributed by atoms with van der Waals surface area (Å²) in [5.74, 6) is 0.511. The van der Waals surface area contributed by atoms with Crippen LogP contribution in [0.4, 0.5) is 0 Å². The zero-order valence-electron chi connectivity index (χ0n) is 8.76. The van der Waals surface area contributed by atoms with Crippen LogP contribution in [0.5, 0.6) is 5.75 Å². The molecule has 3 heteroatoms. The Balaban J connectivity index is 3.33. The highest BCUT2D eigenvalue weighted by atomic mass is 79.9. The molecule has 0 aliphatic carbocycles. The highest BCUT2D eigenvalue weighted by Crippen LogP contribution is 2.36. The highest BCUT2D eigenvalue weighted by Gasteiger charge is 2.14. The molecule has 0 aliphatic heterocycles. The topological polar surface area (TPSA) is 46.2 Å². The molecule has 0 heterocycles. The van der Waals surface area contributed by atoms with Crippen molar-refractivity contribution in [2.24, 2.45) is 5.73 Å². The fourth-order valence-corrected chi connectivity index (χ4v) is 1.93. The first-order valence-corrected chi connectivity index (χ1v) is 5.47. The second-order valence-corrected chi connectivity index (χ2v) is 4.50. The van der Waals surface area contributed by atoms with Crippen molar-refractivity contribution in [2.45, 2.75) is 26.7 Å². The van der Waals surface area contributed by atoms with Crippen LogP contribution in [0.2, 0.25) is 0 Å². The van der Waals surface area contributed by atoms with Gasteiger partial charge in [0.2, 0.25) is 0 Å². The van der Waals surface area contributed by atoms with Gasteiger partial charge in [0.1, 0.15) is 5.75 Å². The molecule has 0 saturated carbocycles. The third-order valence-electron chi connectivity index (χ3n) is 2.66. The van der Waals surface area contributed by atoms with Crippen molar-refractivity contribution in [3.63, 3.8) is 0 Å². The summed E-state index contributed by atoms with van der Waals surface area (Å²) in [6, 6.07) is 2.01. The van der Waals surface area contributed by atoms with E-state index >= 15 is 0 Å². The summed E-state index contributed by atoms with van der Waals surface area (Å²) in [7, 11) is 0. The lowest BCUT2D eigenvalue weighted by Crippen LogP contribution is -2.09. The van der Waals surface area contributed by atoms with Gasteiger partial charge in [-0.1, -0.05) is 13.0 Å². The number of aryl methyl sites for hydroxylation is 1. The van der Waals surface area contributed by atoms with E-state index in [-0.39, 0.29) is 5.92 Å². The Morgan fingerprint density at radius 3 is 2.57 bits per heavy atom. The molecule has 1 aromatic carbocycles. The number of phenols is 1. The maximum atomic E-state index is 9.90. The van der Waals surface area contributed by atoms with Gasteiger partial charge in [-0.3, -0.25) is 0 Å². The van der Waals surface area contributed by atoms with E-state index in [0.717, 1.165) is 15.6 Å². The third-order valence-corrected chi connectivity index (χ3v) is 3.63. The van der Waals surface area contributed by atoms with Crippen LogP contribution in [-0.4, -0.2) is 11.7 Å². The minimum Gasteiger partial charge on any atom is -0.506 e. The average Bonchev–Trinajstić information content (AvgIpc) is 2.19. The second-order valence-electron chi connectivity index (χ2n) is 3.71. The predicted molar refractivity (Wildman–Crippen MR) is 62.8 cm³/mol. The molecule has 0 aromatic heterocycles. The van der Waals surface area contributed by atoms with Crippen molar-refractivity contribution in [1.29, 1.82) is 0 Å². The van der Waals surface area contributed by atoms with Gasteiger partial charge in [0, 0.05) is 0 Å². The number of benzene rings is 1. The van der Waals surface area contributed by atoms with Gasteiger partial charge in [-0.05, 0) is 58.9 Å². The van der Waals surface area contributed by atoms with Crippen molar-refractivity contribution in [2.75, 3.05) is 6.54 Å². The molecule has 1 aromatic rings. The van der Waals surface area contributed by atoms with E-state index in [2.05, 4.69) is 15.9 Å². The predicted octanol–water partition coefficient (Wildman–Crippen LogP) is 2.83. The van der Waals surface area contributed by atoms with E-state index in [1.165, 1.54) is 5.56 Å². The molecule has 0 fully saturated rings. The van der Waals surface area contributed by atoms with E-state index in [1.54, 1.807) is 0 Å². The first-order chi connectivity index (χ1) is 6.49. The number of hydrogen-bond acceptors (Lipinski definition) is 2. The monoisotopic (exact) mass is 257 g/mol. The van der Waals surface area contributed by atoms with Crippen molar-refractivity contribution in [3.8, 4) is 5.75 Å². The van der Waals surface area contributed by atoms with Crippen LogP contribution in [0.3, 0.4) is 0 Å². The minimum atomic E-state index is 0.186. The summed E-state index contributed by atoms with van der Waals surface area (Å²) >= 11 is 3.39. The Morgan fingerprint density at radius 1 is 1.50 bits per heavy atom. The number of aromatic hydroxyl groups is 1. The van der Waals surface area contributed by atoms with Gasteiger partial charge < -0.3 is 10.8 Å². The number of hydrogen-bond donors (Lipinski definition) is 2. The largest absolute Gasteiger partial charge is 0.506 e. The first-order valence-electron chi connectivity index (χ1n) is 4.67. The normalized spacial score (nSPS) is 12.9. The van der Waals surface area contributed by atoms with Crippen LogP contribution in [-0.2, 0) is 0 Å². The Kier molecular flexibility index (Phi) is 3.56. The van der Waals surface area contributed by atoms with Gasteiger partial charge in [0.25, 0.3) is 0 Å². The summed E-state index contributed by atoms with van der Waals surface area (Å²) < 4.78 is 0.785. The van der Waals surface area contributed by atoms with E-state index in [4.69, 9.17) is 5.73 Å². The van der Waals surface area contributed by atoms with Crippen LogP contribution in [0, 0.1) is 13.8 Å². The quantitative estimate of drug-likeness (QED) is 0.856. The van der Waals surface area contributed by atoms with Crippen molar-refractivity contribution in [1.82, 2.24) is 0 Å². The summed E-state index contributed by atoms with van der Waals surface area (Å²) in [4.78, 5) is 0. The Hall–Kier alpha value is -0.540. The van der Waals surface area contributed by atoms with Gasteiger partial charge in [0.15, 0.2) is 0 Å². The highest BCUT2D eigenvalue weighted by molar-refractivity contribution is 9.10. The summed E-state index contributed by atoms with van der Waals surface area (Å²) in [5.41, 5.74) is 8.75. The number of phenolic OH excluding ortho intramolecular Hbond substituents is 1. The zero-order valence-corrected chi connectivity index (χ0v) is 10.4. The molecule has 0 bridgehead atoms. The third kappa shape index (κ3) is 1.93. The minimum absolute atomic E-state index is 0.186. The van der Waals surface area contributed by atoms with E-state index < -0.39 is 0 Å². The Bertz CT molecular complexity index is 350. The molecule has 1 rings (SSSR count). The molecule has 14 heavy (non-hydrogen) atoms. The fraction of sp³-hybridized carbons (Fsp3) is 0.455. The second kappa shape index (κ2) is 4.32. The molecular formula is C11H16BrNO. The van der Waals surface area contributed by atoms with Crippen molar-refractivity contribution < 1.29 is 5.11 Å². The average molecular weight is 258 g/mol. The van der Waals surface area contributed by atoms with Gasteiger partial charge in [0.05, 0.1) is 4.47 Å². The van der Waals surface area contributed by atoms with E-state index in [1.807, 2.05) is 26.8 Å². The maximum Gasteiger partial charge on any atom is 0.133 e. The van der Waals surface area contributed by atoms with Gasteiger partial charge in [-0.25, -0.2) is 0 Å². The van der Waals surface area contributed by atoms with Crippen LogP contribution < -0.4 is 5.73 Å². The zero-order chi connectivity index (χ0) is 10.9. The molecule has 78 valence electrons. The standard InChI is InChI=1S/C11H16BrNO/c1-6-4-9(7(2)5-13)11(14)10(12)8(6)3/h4,7,14H,5,13H2,1-3H3. The number of nitrogens with two attached hydrogens (primary N) is 1. The summed E-state index contributed by atoms with van der Waals surface area (Å²) in [6.07, 6.45) is 0. The summed E-state index contributed by atoms with van der Waals surface area (Å²) in [6.45, 7) is 6.57. The smallest absolute Gasteiger partial charge is 0.133 e. The molecule has 1 atom stereocenters. The van der Waals surface area contributed by atoms with Gasteiger partial charge >= 0.3 is 0 Å². The van der Waals surface area contributed by atoms with Crippen LogP contribution in [0.25, 0.3) is 0 Å². The molecule has 0 aliphatic rings. The molecule has 1 unspecified atom stereocenters. The molecule has 3 N–H and O–H groups in total. The van der Waals surface area contributed by atoms with Crippen molar-refractivity contribution >= 4 is 15.9 Å². The SMILES string of the molecule is Cc1cc(C(C)CN)c(O)c(Br)c1C. The van der Waals surface area contributed by atoms with E-state index in [9.17, 15) is 5.11 Å². The molecule has 0 saturated heterocycles. The maximum absolute atomic E-state index is 9.90. The summed E-state index contributed by atoms with van der Waals surface area (Å²) in [5, 5.41) is 9.90. The van der Waals surface area contributed by atoms with Gasteiger partial charge in [-0.15, -0.1) is 0 Å². The lowest BCUT2D eigenvalue weighted by Gasteiger charge is -2.15. The van der Waals surface area contributed by atoms with Crippen molar-refractivity contribution in [3.05, 3.63) is 27.2 Å². The van der Waals surface area contributed by atoms with Crippen LogP contribution in [0.15, 0.2) is 10.5 Å². The lowest BCUT2D eigenvalue weighted by atomic mass is 9.96. The first kappa shape index (κ1) is 11.5. The molecule has 2 nitrogen and oxygen atoms in total. The Labute approximate surface area is 93.3 Å². The Morgan fingerprint density at radius 2 is 2.07 bits per heavy atom. The number of halogens is 1. The molecule has 0 spiro atoms. The van der Waals surface area contributed by atoms with E-state index in [0.29, 0.717) is 12.3 Å². The molecule has 0 amide bonds. The van der Waals surface area contributed by atoms with Gasteiger partial charge in [-0.2, -0.15) is 0 Å². The fourth-order valence-electron chi connectivity index (χ4n) is 1.39. The number of rotatable bonds is 2. The lowest BCUT2D eigenvalue weighted by molar-refractivity contribution is 0.459.